The van der Waals surface area contributed by atoms with Crippen molar-refractivity contribution in [3.63, 3.8) is 0 Å². The van der Waals surface area contributed by atoms with Crippen molar-refractivity contribution in [1.29, 1.82) is 0 Å². The highest BCUT2D eigenvalue weighted by atomic mass is 16.5. The number of ether oxygens (including phenoxy) is 2. The van der Waals surface area contributed by atoms with Crippen molar-refractivity contribution in [2.45, 2.75) is 25.8 Å². The third-order valence-corrected chi connectivity index (χ3v) is 5.83. The molecule has 0 unspecified atom stereocenters. The van der Waals surface area contributed by atoms with Crippen molar-refractivity contribution in [3.05, 3.63) is 36.4 Å². The minimum absolute atomic E-state index is 0.168. The lowest BCUT2D eigenvalue weighted by Gasteiger charge is -2.14. The number of carbonyl (C=O) groups excluding carboxylic acids is 1. The van der Waals surface area contributed by atoms with E-state index in [-0.39, 0.29) is 5.91 Å². The molecule has 1 aliphatic heterocycles. The third-order valence-electron chi connectivity index (χ3n) is 5.83. The first kappa shape index (κ1) is 20.9. The number of hydrogen-bond acceptors (Lipinski definition) is 8. The van der Waals surface area contributed by atoms with Crippen LogP contribution in [0.15, 0.2) is 40.9 Å². The molecule has 0 N–H and O–H groups in total. The Morgan fingerprint density at radius 2 is 1.94 bits per heavy atom. The molecule has 2 aromatic carbocycles. The Morgan fingerprint density at radius 1 is 1.09 bits per heavy atom. The van der Waals surface area contributed by atoms with E-state index < -0.39 is 0 Å². The van der Waals surface area contributed by atoms with Crippen LogP contribution in [0.3, 0.4) is 0 Å². The van der Waals surface area contributed by atoms with Crippen molar-refractivity contribution < 1.29 is 18.8 Å². The molecule has 10 heteroatoms. The van der Waals surface area contributed by atoms with Crippen LogP contribution in [0, 0.1) is 0 Å². The van der Waals surface area contributed by atoms with Gasteiger partial charge in [0.25, 0.3) is 5.89 Å². The molecule has 1 amide bonds. The maximum absolute atomic E-state index is 12.3. The van der Waals surface area contributed by atoms with Gasteiger partial charge in [0.2, 0.25) is 11.7 Å². The SMILES string of the molecule is COc1ccc(-c2nc(-c3ccc4c(c3)nnn4CCC(=O)N3CCCC3)no2)c(OC)c1. The summed E-state index contributed by atoms with van der Waals surface area (Å²) in [5.74, 6) is 2.19. The molecule has 1 fully saturated rings. The van der Waals surface area contributed by atoms with E-state index in [1.54, 1.807) is 31.0 Å². The number of aryl methyl sites for hydroxylation is 1. The summed E-state index contributed by atoms with van der Waals surface area (Å²) in [5, 5.41) is 12.6. The zero-order chi connectivity index (χ0) is 22.8. The third kappa shape index (κ3) is 4.11. The quantitative estimate of drug-likeness (QED) is 0.424. The van der Waals surface area contributed by atoms with E-state index in [0.717, 1.165) is 37.0 Å². The summed E-state index contributed by atoms with van der Waals surface area (Å²) in [6.45, 7) is 2.21. The maximum Gasteiger partial charge on any atom is 0.262 e. The van der Waals surface area contributed by atoms with E-state index in [0.29, 0.717) is 47.3 Å². The van der Waals surface area contributed by atoms with Gasteiger partial charge in [-0.25, -0.2) is 4.68 Å². The molecule has 2 aromatic heterocycles. The van der Waals surface area contributed by atoms with E-state index in [1.165, 1.54) is 0 Å². The van der Waals surface area contributed by atoms with E-state index in [4.69, 9.17) is 14.0 Å². The Balaban J connectivity index is 1.35. The average molecular weight is 448 g/mol. The molecule has 3 heterocycles. The number of benzene rings is 2. The van der Waals surface area contributed by atoms with Crippen LogP contribution in [0.5, 0.6) is 11.5 Å². The number of rotatable bonds is 7. The van der Waals surface area contributed by atoms with Gasteiger partial charge in [-0.2, -0.15) is 4.98 Å². The van der Waals surface area contributed by atoms with Crippen molar-refractivity contribution in [1.82, 2.24) is 30.0 Å². The number of hydrogen-bond donors (Lipinski definition) is 0. The molecule has 33 heavy (non-hydrogen) atoms. The molecule has 170 valence electrons. The molecule has 4 aromatic rings. The number of carbonyl (C=O) groups is 1. The monoisotopic (exact) mass is 448 g/mol. The van der Waals surface area contributed by atoms with Crippen LogP contribution in [0.1, 0.15) is 19.3 Å². The Hall–Kier alpha value is -3.95. The summed E-state index contributed by atoms with van der Waals surface area (Å²) in [7, 11) is 3.17. The van der Waals surface area contributed by atoms with Gasteiger partial charge in [-0.3, -0.25) is 4.79 Å². The predicted molar refractivity (Wildman–Crippen MR) is 120 cm³/mol. The molecular formula is C23H24N6O4. The summed E-state index contributed by atoms with van der Waals surface area (Å²) in [6, 6.07) is 11.0. The fraction of sp³-hybridized carbons (Fsp3) is 0.348. The van der Waals surface area contributed by atoms with Gasteiger partial charge in [-0.05, 0) is 43.2 Å². The highest BCUT2D eigenvalue weighted by Gasteiger charge is 2.19. The first-order chi connectivity index (χ1) is 16.2. The molecule has 1 saturated heterocycles. The molecule has 0 saturated carbocycles. The topological polar surface area (TPSA) is 108 Å². The normalized spacial score (nSPS) is 13.6. The minimum Gasteiger partial charge on any atom is -0.497 e. The molecule has 1 aliphatic rings. The van der Waals surface area contributed by atoms with Gasteiger partial charge in [0.1, 0.15) is 17.0 Å². The molecule has 0 atom stereocenters. The zero-order valence-corrected chi connectivity index (χ0v) is 18.5. The summed E-state index contributed by atoms with van der Waals surface area (Å²) in [6.07, 6.45) is 2.59. The lowest BCUT2D eigenvalue weighted by Crippen LogP contribution is -2.28. The average Bonchev–Trinajstić information content (AvgIpc) is 3.62. The Bertz CT molecular complexity index is 1290. The number of fused-ring (bicyclic) bond motifs is 1. The Morgan fingerprint density at radius 3 is 2.73 bits per heavy atom. The fourth-order valence-corrected chi connectivity index (χ4v) is 4.03. The molecule has 0 spiro atoms. The molecule has 10 nitrogen and oxygen atoms in total. The summed E-state index contributed by atoms with van der Waals surface area (Å²) < 4.78 is 17.9. The van der Waals surface area contributed by atoms with Crippen LogP contribution < -0.4 is 9.47 Å². The largest absolute Gasteiger partial charge is 0.497 e. The predicted octanol–water partition coefficient (Wildman–Crippen LogP) is 3.18. The molecule has 0 bridgehead atoms. The maximum atomic E-state index is 12.3. The van der Waals surface area contributed by atoms with Crippen molar-refractivity contribution in [2.24, 2.45) is 0 Å². The van der Waals surface area contributed by atoms with Crippen LogP contribution >= 0.6 is 0 Å². The number of aromatic nitrogens is 5. The van der Waals surface area contributed by atoms with Crippen LogP contribution in [0.4, 0.5) is 0 Å². The number of likely N-dealkylation sites (tertiary alicyclic amines) is 1. The Kier molecular flexibility index (Phi) is 5.64. The summed E-state index contributed by atoms with van der Waals surface area (Å²) in [4.78, 5) is 18.8. The van der Waals surface area contributed by atoms with Gasteiger partial charge in [-0.15, -0.1) is 5.10 Å². The molecule has 0 radical (unpaired) electrons. The van der Waals surface area contributed by atoms with Crippen LogP contribution in [-0.2, 0) is 11.3 Å². The molecule has 0 aliphatic carbocycles. The second kappa shape index (κ2) is 8.89. The second-order valence-corrected chi connectivity index (χ2v) is 7.84. The molecule has 5 rings (SSSR count). The van der Waals surface area contributed by atoms with Crippen LogP contribution in [-0.4, -0.2) is 63.3 Å². The fourth-order valence-electron chi connectivity index (χ4n) is 4.03. The van der Waals surface area contributed by atoms with Gasteiger partial charge >= 0.3 is 0 Å². The van der Waals surface area contributed by atoms with Crippen molar-refractivity contribution in [2.75, 3.05) is 27.3 Å². The lowest BCUT2D eigenvalue weighted by atomic mass is 10.1. The van der Waals surface area contributed by atoms with E-state index >= 15 is 0 Å². The number of amides is 1. The Labute approximate surface area is 190 Å². The van der Waals surface area contributed by atoms with E-state index in [9.17, 15) is 4.79 Å². The summed E-state index contributed by atoms with van der Waals surface area (Å²) >= 11 is 0. The zero-order valence-electron chi connectivity index (χ0n) is 18.5. The van der Waals surface area contributed by atoms with E-state index in [1.807, 2.05) is 29.2 Å². The van der Waals surface area contributed by atoms with Crippen molar-refractivity contribution >= 4 is 16.9 Å². The van der Waals surface area contributed by atoms with Gasteiger partial charge in [-0.1, -0.05) is 10.4 Å². The van der Waals surface area contributed by atoms with Crippen LogP contribution in [0.25, 0.3) is 33.9 Å². The van der Waals surface area contributed by atoms with Gasteiger partial charge in [0.15, 0.2) is 0 Å². The lowest BCUT2D eigenvalue weighted by molar-refractivity contribution is -0.130. The van der Waals surface area contributed by atoms with Crippen LogP contribution in [0.2, 0.25) is 0 Å². The highest BCUT2D eigenvalue weighted by Crippen LogP contribution is 2.33. The standard InChI is InChI=1S/C23H24N6O4/c1-31-16-6-7-17(20(14-16)32-2)23-24-22(26-33-23)15-5-8-19-18(13-15)25-27-29(19)12-9-21(30)28-10-3-4-11-28/h5-8,13-14H,3-4,9-12H2,1-2H3. The van der Waals surface area contributed by atoms with Crippen molar-refractivity contribution in [3.8, 4) is 34.3 Å². The number of methoxy groups -OCH3 is 2. The minimum atomic E-state index is 0.168. The van der Waals surface area contributed by atoms with Gasteiger partial charge in [0, 0.05) is 31.1 Å². The summed E-state index contributed by atoms with van der Waals surface area (Å²) in [5.41, 5.74) is 2.99. The smallest absolute Gasteiger partial charge is 0.262 e. The molecular weight excluding hydrogens is 424 g/mol. The van der Waals surface area contributed by atoms with E-state index in [2.05, 4.69) is 20.5 Å². The number of nitrogens with zero attached hydrogens (tertiary/aromatic N) is 6. The first-order valence-corrected chi connectivity index (χ1v) is 10.8. The second-order valence-electron chi connectivity index (χ2n) is 7.84. The highest BCUT2D eigenvalue weighted by molar-refractivity contribution is 5.81. The van der Waals surface area contributed by atoms with Gasteiger partial charge in [0.05, 0.1) is 31.8 Å². The first-order valence-electron chi connectivity index (χ1n) is 10.8. The van der Waals surface area contributed by atoms with Gasteiger partial charge < -0.3 is 18.9 Å².